The number of hydrogen-bond acceptors (Lipinski definition) is 5. The average Bonchev–Trinajstić information content (AvgIpc) is 2.65. The maximum atomic E-state index is 12.1. The van der Waals surface area contributed by atoms with Crippen LogP contribution in [0.4, 0.5) is 0 Å². The highest BCUT2D eigenvalue weighted by molar-refractivity contribution is 7.89. The number of carbonyl (C=O) groups is 2. The highest BCUT2D eigenvalue weighted by atomic mass is 32.2. The van der Waals surface area contributed by atoms with Gasteiger partial charge in [-0.05, 0) is 54.7 Å². The molecule has 0 aliphatic rings. The van der Waals surface area contributed by atoms with Crippen LogP contribution in [0.1, 0.15) is 48.3 Å². The fourth-order valence-electron chi connectivity index (χ4n) is 2.78. The number of primary sulfonamides is 1. The first-order chi connectivity index (χ1) is 13.6. The molecule has 8 heteroatoms. The normalized spacial score (nSPS) is 12.4. The van der Waals surface area contributed by atoms with Gasteiger partial charge in [-0.15, -0.1) is 0 Å². The zero-order valence-corrected chi connectivity index (χ0v) is 17.5. The number of carbonyl (C=O) groups excluding carboxylic acids is 2. The second-order valence-electron chi connectivity index (χ2n) is 7.27. The Morgan fingerprint density at radius 2 is 1.59 bits per heavy atom. The van der Waals surface area contributed by atoms with E-state index in [0.29, 0.717) is 17.0 Å². The number of ether oxygens (including phenoxy) is 1. The Bertz CT molecular complexity index is 952. The molecule has 1 amide bonds. The van der Waals surface area contributed by atoms with Crippen LogP contribution in [0.3, 0.4) is 0 Å². The lowest BCUT2D eigenvalue weighted by molar-refractivity contribution is -0.124. The molecule has 0 heterocycles. The minimum absolute atomic E-state index is 0.00637. The standard InChI is InChI=1S/C21H26N2O5S/c1-14(2)12-16-4-6-18(7-5-16)21(25)28-13-20(24)23-15(3)17-8-10-19(11-9-17)29(22,26)27/h4-11,14-15H,12-13H2,1-3H3,(H,23,24)(H2,22,26,27)/t15-/m0/s1. The Hall–Kier alpha value is -2.71. The largest absolute Gasteiger partial charge is 0.452 e. The molecule has 0 aliphatic heterocycles. The SMILES string of the molecule is CC(C)Cc1ccc(C(=O)OCC(=O)N[C@@H](C)c2ccc(S(N)(=O)=O)cc2)cc1. The Morgan fingerprint density at radius 1 is 1.00 bits per heavy atom. The summed E-state index contributed by atoms with van der Waals surface area (Å²) in [4.78, 5) is 24.2. The van der Waals surface area contributed by atoms with E-state index in [0.717, 1.165) is 12.0 Å². The molecule has 29 heavy (non-hydrogen) atoms. The van der Waals surface area contributed by atoms with E-state index in [1.165, 1.54) is 12.1 Å². The van der Waals surface area contributed by atoms with E-state index < -0.39 is 34.5 Å². The molecule has 0 fully saturated rings. The zero-order chi connectivity index (χ0) is 21.6. The third-order valence-electron chi connectivity index (χ3n) is 4.25. The molecule has 0 radical (unpaired) electrons. The highest BCUT2D eigenvalue weighted by Crippen LogP contribution is 2.15. The molecule has 0 bridgehead atoms. The van der Waals surface area contributed by atoms with Crippen LogP contribution in [-0.2, 0) is 26.0 Å². The summed E-state index contributed by atoms with van der Waals surface area (Å²) in [7, 11) is -3.77. The molecule has 2 aromatic rings. The van der Waals surface area contributed by atoms with Crippen molar-refractivity contribution in [2.45, 2.75) is 38.1 Å². The van der Waals surface area contributed by atoms with Crippen molar-refractivity contribution in [2.24, 2.45) is 11.1 Å². The highest BCUT2D eigenvalue weighted by Gasteiger charge is 2.14. The summed E-state index contributed by atoms with van der Waals surface area (Å²) >= 11 is 0. The van der Waals surface area contributed by atoms with Crippen LogP contribution in [0, 0.1) is 5.92 Å². The van der Waals surface area contributed by atoms with E-state index in [1.54, 1.807) is 31.2 Å². The maximum Gasteiger partial charge on any atom is 0.338 e. The molecule has 3 N–H and O–H groups in total. The van der Waals surface area contributed by atoms with Crippen molar-refractivity contribution < 1.29 is 22.7 Å². The molecule has 2 rings (SSSR count). The van der Waals surface area contributed by atoms with Gasteiger partial charge in [-0.25, -0.2) is 18.4 Å². The van der Waals surface area contributed by atoms with Crippen molar-refractivity contribution in [3.63, 3.8) is 0 Å². The van der Waals surface area contributed by atoms with Crippen LogP contribution < -0.4 is 10.5 Å². The van der Waals surface area contributed by atoms with Crippen LogP contribution >= 0.6 is 0 Å². The summed E-state index contributed by atoms with van der Waals surface area (Å²) in [5, 5.41) is 7.76. The molecule has 0 saturated carbocycles. The lowest BCUT2D eigenvalue weighted by Gasteiger charge is -2.15. The van der Waals surface area contributed by atoms with Crippen LogP contribution in [0.25, 0.3) is 0 Å². The molecule has 0 unspecified atom stereocenters. The Balaban J connectivity index is 1.86. The first kappa shape index (κ1) is 22.6. The minimum atomic E-state index is -3.77. The van der Waals surface area contributed by atoms with Gasteiger partial charge in [0.05, 0.1) is 16.5 Å². The van der Waals surface area contributed by atoms with E-state index >= 15 is 0 Å². The van der Waals surface area contributed by atoms with Crippen LogP contribution in [0.2, 0.25) is 0 Å². The Morgan fingerprint density at radius 3 is 2.10 bits per heavy atom. The number of sulfonamides is 1. The molecule has 1 atom stereocenters. The third kappa shape index (κ3) is 6.99. The first-order valence-electron chi connectivity index (χ1n) is 9.24. The molecule has 2 aromatic carbocycles. The van der Waals surface area contributed by atoms with Gasteiger partial charge in [0.2, 0.25) is 10.0 Å². The fourth-order valence-corrected chi connectivity index (χ4v) is 3.29. The van der Waals surface area contributed by atoms with Gasteiger partial charge >= 0.3 is 5.97 Å². The molecule has 0 saturated heterocycles. The quantitative estimate of drug-likeness (QED) is 0.639. The van der Waals surface area contributed by atoms with E-state index in [-0.39, 0.29) is 4.90 Å². The van der Waals surface area contributed by atoms with Crippen LogP contribution in [-0.4, -0.2) is 26.9 Å². The summed E-state index contributed by atoms with van der Waals surface area (Å²) in [6.45, 7) is 5.57. The van der Waals surface area contributed by atoms with E-state index in [2.05, 4.69) is 19.2 Å². The lowest BCUT2D eigenvalue weighted by atomic mass is 10.0. The smallest absolute Gasteiger partial charge is 0.338 e. The summed E-state index contributed by atoms with van der Waals surface area (Å²) < 4.78 is 27.6. The first-order valence-corrected chi connectivity index (χ1v) is 10.8. The summed E-state index contributed by atoms with van der Waals surface area (Å²) in [6.07, 6.45) is 0.924. The van der Waals surface area contributed by atoms with Crippen molar-refractivity contribution in [3.8, 4) is 0 Å². The predicted molar refractivity (Wildman–Crippen MR) is 110 cm³/mol. The number of nitrogens with one attached hydrogen (secondary N) is 1. The van der Waals surface area contributed by atoms with Crippen LogP contribution in [0.15, 0.2) is 53.4 Å². The zero-order valence-electron chi connectivity index (χ0n) is 16.7. The molecular formula is C21H26N2O5S. The predicted octanol–water partition coefficient (Wildman–Crippen LogP) is 2.57. The van der Waals surface area contributed by atoms with Crippen molar-refractivity contribution in [3.05, 3.63) is 65.2 Å². The van der Waals surface area contributed by atoms with Crippen molar-refractivity contribution in [2.75, 3.05) is 6.61 Å². The molecule has 0 aliphatic carbocycles. The van der Waals surface area contributed by atoms with Gasteiger partial charge < -0.3 is 10.1 Å². The number of esters is 1. The van der Waals surface area contributed by atoms with Gasteiger partial charge in [-0.1, -0.05) is 38.1 Å². The molecule has 7 nitrogen and oxygen atoms in total. The summed E-state index contributed by atoms with van der Waals surface area (Å²) in [6, 6.07) is 12.6. The van der Waals surface area contributed by atoms with Crippen molar-refractivity contribution in [1.29, 1.82) is 0 Å². The number of hydrogen-bond donors (Lipinski definition) is 2. The Labute approximate surface area is 171 Å². The van der Waals surface area contributed by atoms with Gasteiger partial charge in [0, 0.05) is 0 Å². The van der Waals surface area contributed by atoms with E-state index in [1.807, 2.05) is 12.1 Å². The van der Waals surface area contributed by atoms with Gasteiger partial charge in [-0.2, -0.15) is 0 Å². The van der Waals surface area contributed by atoms with E-state index in [4.69, 9.17) is 9.88 Å². The molecule has 0 spiro atoms. The van der Waals surface area contributed by atoms with E-state index in [9.17, 15) is 18.0 Å². The van der Waals surface area contributed by atoms with Gasteiger partial charge in [0.1, 0.15) is 0 Å². The number of nitrogens with two attached hydrogens (primary N) is 1. The summed E-state index contributed by atoms with van der Waals surface area (Å²) in [5.41, 5.74) is 2.21. The lowest BCUT2D eigenvalue weighted by Crippen LogP contribution is -2.31. The molecule has 156 valence electrons. The fraction of sp³-hybridized carbons (Fsp3) is 0.333. The second kappa shape index (κ2) is 9.67. The van der Waals surface area contributed by atoms with Crippen molar-refractivity contribution >= 4 is 21.9 Å². The topological polar surface area (TPSA) is 116 Å². The molecular weight excluding hydrogens is 392 g/mol. The van der Waals surface area contributed by atoms with Crippen molar-refractivity contribution in [1.82, 2.24) is 5.32 Å². The van der Waals surface area contributed by atoms with Gasteiger partial charge in [-0.3, -0.25) is 4.79 Å². The average molecular weight is 419 g/mol. The maximum absolute atomic E-state index is 12.1. The Kier molecular flexibility index (Phi) is 7.53. The number of rotatable bonds is 8. The van der Waals surface area contributed by atoms with Gasteiger partial charge in [0.25, 0.3) is 5.91 Å². The second-order valence-corrected chi connectivity index (χ2v) is 8.84. The number of amides is 1. The van der Waals surface area contributed by atoms with Gasteiger partial charge in [0.15, 0.2) is 6.61 Å². The number of benzene rings is 2. The minimum Gasteiger partial charge on any atom is -0.452 e. The van der Waals surface area contributed by atoms with Crippen LogP contribution in [0.5, 0.6) is 0 Å². The molecule has 0 aromatic heterocycles. The summed E-state index contributed by atoms with van der Waals surface area (Å²) in [5.74, 6) is -0.506. The third-order valence-corrected chi connectivity index (χ3v) is 5.18. The monoisotopic (exact) mass is 418 g/mol.